The van der Waals surface area contributed by atoms with E-state index in [1.165, 1.54) is 17.1 Å². The molecule has 2 N–H and O–H groups in total. The molecule has 0 atom stereocenters. The molecule has 0 fully saturated rings. The van der Waals surface area contributed by atoms with Crippen LogP contribution in [-0.4, -0.2) is 47.5 Å². The summed E-state index contributed by atoms with van der Waals surface area (Å²) in [6.07, 6.45) is 3.47. The van der Waals surface area contributed by atoms with Gasteiger partial charge in [0, 0.05) is 31.8 Å². The Morgan fingerprint density at radius 2 is 2.19 bits per heavy atom. The fourth-order valence-electron chi connectivity index (χ4n) is 2.41. The largest absolute Gasteiger partial charge is 0.490 e. The summed E-state index contributed by atoms with van der Waals surface area (Å²) in [5, 5.41) is 20.9. The number of fused-ring (bicyclic) bond motifs is 1. The molecule has 2 heterocycles. The molecule has 0 saturated heterocycles. The van der Waals surface area contributed by atoms with E-state index < -0.39 is 4.92 Å². The fraction of sp³-hybridized carbons (Fsp3) is 0.375. The van der Waals surface area contributed by atoms with E-state index in [2.05, 4.69) is 20.7 Å². The molecule has 0 amide bonds. The van der Waals surface area contributed by atoms with Crippen LogP contribution in [0.15, 0.2) is 35.6 Å². The Kier molecular flexibility index (Phi) is 5.52. The summed E-state index contributed by atoms with van der Waals surface area (Å²) in [5.41, 5.74) is 0.789. The molecule has 0 unspecified atom stereocenters. The molecule has 138 valence electrons. The van der Waals surface area contributed by atoms with Crippen molar-refractivity contribution in [1.82, 2.24) is 15.1 Å². The van der Waals surface area contributed by atoms with E-state index in [1.807, 2.05) is 18.2 Å². The molecule has 0 radical (unpaired) electrons. The van der Waals surface area contributed by atoms with Gasteiger partial charge < -0.3 is 20.1 Å². The number of guanidine groups is 1. The zero-order valence-corrected chi connectivity index (χ0v) is 14.3. The van der Waals surface area contributed by atoms with E-state index in [9.17, 15) is 10.1 Å². The summed E-state index contributed by atoms with van der Waals surface area (Å²) in [6, 6.07) is 5.61. The molecular weight excluding hydrogens is 340 g/mol. The lowest BCUT2D eigenvalue weighted by Crippen LogP contribution is -2.33. The lowest BCUT2D eigenvalue weighted by atomic mass is 10.3. The average molecular weight is 360 g/mol. The summed E-state index contributed by atoms with van der Waals surface area (Å²) < 4.78 is 12.8. The van der Waals surface area contributed by atoms with E-state index in [0.29, 0.717) is 38.0 Å². The van der Waals surface area contributed by atoms with Gasteiger partial charge in [0.1, 0.15) is 12.4 Å². The Morgan fingerprint density at radius 1 is 1.38 bits per heavy atom. The van der Waals surface area contributed by atoms with Gasteiger partial charge in [0.05, 0.1) is 24.7 Å². The molecule has 1 aliphatic heterocycles. The number of rotatable bonds is 5. The molecular formula is C16H20N6O4. The Morgan fingerprint density at radius 3 is 2.92 bits per heavy atom. The Balaban J connectivity index is 1.54. The van der Waals surface area contributed by atoms with Gasteiger partial charge in [-0.2, -0.15) is 5.10 Å². The number of hydrogen-bond acceptors (Lipinski definition) is 6. The molecule has 3 rings (SSSR count). The smallest absolute Gasteiger partial charge is 0.306 e. The summed E-state index contributed by atoms with van der Waals surface area (Å²) in [6.45, 7) is 2.24. The van der Waals surface area contributed by atoms with Crippen LogP contribution < -0.4 is 20.1 Å². The van der Waals surface area contributed by atoms with Crippen LogP contribution >= 0.6 is 0 Å². The minimum absolute atomic E-state index is 0.0281. The van der Waals surface area contributed by atoms with Crippen molar-refractivity contribution < 1.29 is 14.4 Å². The highest BCUT2D eigenvalue weighted by molar-refractivity contribution is 5.93. The molecule has 0 saturated carbocycles. The van der Waals surface area contributed by atoms with Crippen LogP contribution in [0, 0.1) is 10.1 Å². The van der Waals surface area contributed by atoms with Gasteiger partial charge in [-0.1, -0.05) is 0 Å². The monoisotopic (exact) mass is 360 g/mol. The second-order valence-corrected chi connectivity index (χ2v) is 5.55. The van der Waals surface area contributed by atoms with E-state index in [4.69, 9.17) is 9.47 Å². The normalized spacial score (nSPS) is 13.8. The van der Waals surface area contributed by atoms with E-state index in [-0.39, 0.29) is 5.69 Å². The predicted molar refractivity (Wildman–Crippen MR) is 95.9 cm³/mol. The molecule has 10 nitrogen and oxygen atoms in total. The van der Waals surface area contributed by atoms with Gasteiger partial charge in [-0.3, -0.25) is 19.8 Å². The lowest BCUT2D eigenvalue weighted by Gasteiger charge is -2.14. The van der Waals surface area contributed by atoms with Crippen molar-refractivity contribution in [2.45, 2.75) is 13.0 Å². The van der Waals surface area contributed by atoms with Crippen LogP contribution in [0.5, 0.6) is 11.5 Å². The number of nitro groups is 1. The maximum Gasteiger partial charge on any atom is 0.306 e. The van der Waals surface area contributed by atoms with Crippen molar-refractivity contribution in [3.8, 4) is 11.5 Å². The quantitative estimate of drug-likeness (QED) is 0.360. The first kappa shape index (κ1) is 17.5. The molecule has 10 heteroatoms. The first-order chi connectivity index (χ1) is 12.7. The summed E-state index contributed by atoms with van der Waals surface area (Å²) in [5.74, 6) is 2.00. The first-order valence-corrected chi connectivity index (χ1v) is 8.20. The predicted octanol–water partition coefficient (Wildman–Crippen LogP) is 1.64. The van der Waals surface area contributed by atoms with Crippen molar-refractivity contribution in [3.63, 3.8) is 0 Å². The van der Waals surface area contributed by atoms with Crippen molar-refractivity contribution in [3.05, 3.63) is 40.7 Å². The van der Waals surface area contributed by atoms with Crippen LogP contribution in [0.2, 0.25) is 0 Å². The number of aromatic nitrogens is 2. The minimum Gasteiger partial charge on any atom is -0.490 e. The Labute approximate surface area is 150 Å². The average Bonchev–Trinajstić information content (AvgIpc) is 2.99. The maximum absolute atomic E-state index is 10.7. The zero-order valence-electron chi connectivity index (χ0n) is 14.3. The van der Waals surface area contributed by atoms with Gasteiger partial charge in [0.25, 0.3) is 0 Å². The van der Waals surface area contributed by atoms with Crippen LogP contribution in [0.25, 0.3) is 0 Å². The van der Waals surface area contributed by atoms with Gasteiger partial charge in [-0.05, 0) is 12.1 Å². The second-order valence-electron chi connectivity index (χ2n) is 5.55. The number of nitrogens with zero attached hydrogens (tertiary/aromatic N) is 4. The zero-order chi connectivity index (χ0) is 18.4. The number of ether oxygens (including phenoxy) is 2. The summed E-state index contributed by atoms with van der Waals surface area (Å²) >= 11 is 0. The van der Waals surface area contributed by atoms with Crippen molar-refractivity contribution in [1.29, 1.82) is 0 Å². The number of hydrogen-bond donors (Lipinski definition) is 2. The Hall–Kier alpha value is -3.30. The maximum atomic E-state index is 10.7. The highest BCUT2D eigenvalue weighted by Crippen LogP contribution is 2.32. The third kappa shape index (κ3) is 4.41. The van der Waals surface area contributed by atoms with Crippen LogP contribution in [0.4, 0.5) is 11.4 Å². The first-order valence-electron chi connectivity index (χ1n) is 8.20. The van der Waals surface area contributed by atoms with Gasteiger partial charge in [0.2, 0.25) is 0 Å². The van der Waals surface area contributed by atoms with Crippen molar-refractivity contribution >= 4 is 17.3 Å². The minimum atomic E-state index is -0.471. The topological polar surface area (TPSA) is 116 Å². The van der Waals surface area contributed by atoms with Crippen LogP contribution in [0.3, 0.4) is 0 Å². The number of nitrogens with one attached hydrogen (secondary N) is 2. The third-order valence-electron chi connectivity index (χ3n) is 3.70. The SMILES string of the molecule is CN=C(NCCn1cc([N+](=O)[O-])cn1)Nc1ccc2c(c1)OCCCO2. The lowest BCUT2D eigenvalue weighted by molar-refractivity contribution is -0.385. The molecule has 0 spiro atoms. The van der Waals surface area contributed by atoms with Gasteiger partial charge in [-0.25, -0.2) is 0 Å². The number of aliphatic imine (C=N–C) groups is 1. The standard InChI is InChI=1S/C16H20N6O4/c1-17-16(18-5-6-21-11-13(10-19-21)22(23)24)20-12-3-4-14-15(9-12)26-8-2-7-25-14/h3-4,9-11H,2,5-8H2,1H3,(H2,17,18,20). The van der Waals surface area contributed by atoms with Crippen LogP contribution in [0.1, 0.15) is 6.42 Å². The second kappa shape index (κ2) is 8.19. The van der Waals surface area contributed by atoms with Gasteiger partial charge in [0.15, 0.2) is 17.5 Å². The summed E-state index contributed by atoms with van der Waals surface area (Å²) in [4.78, 5) is 14.4. The van der Waals surface area contributed by atoms with Gasteiger partial charge in [-0.15, -0.1) is 0 Å². The molecule has 0 bridgehead atoms. The van der Waals surface area contributed by atoms with E-state index in [1.54, 1.807) is 7.05 Å². The highest BCUT2D eigenvalue weighted by atomic mass is 16.6. The van der Waals surface area contributed by atoms with Crippen molar-refractivity contribution in [2.24, 2.45) is 4.99 Å². The molecule has 1 aromatic heterocycles. The van der Waals surface area contributed by atoms with Gasteiger partial charge >= 0.3 is 5.69 Å². The third-order valence-corrected chi connectivity index (χ3v) is 3.70. The molecule has 1 aromatic carbocycles. The van der Waals surface area contributed by atoms with E-state index in [0.717, 1.165) is 17.9 Å². The van der Waals surface area contributed by atoms with Crippen molar-refractivity contribution in [2.75, 3.05) is 32.1 Å². The summed E-state index contributed by atoms with van der Waals surface area (Å²) in [7, 11) is 1.66. The fourth-order valence-corrected chi connectivity index (χ4v) is 2.41. The number of anilines is 1. The molecule has 2 aromatic rings. The molecule has 26 heavy (non-hydrogen) atoms. The Bertz CT molecular complexity index is 804. The highest BCUT2D eigenvalue weighted by Gasteiger charge is 2.12. The molecule has 1 aliphatic rings. The molecule has 0 aliphatic carbocycles. The number of benzene rings is 1. The van der Waals surface area contributed by atoms with Crippen LogP contribution in [-0.2, 0) is 6.54 Å². The van der Waals surface area contributed by atoms with E-state index >= 15 is 0 Å².